The average Bonchev–Trinajstić information content (AvgIpc) is 2.98. The number of Topliss-reactive ketones (excluding diaryl/α,β-unsaturated/α-hetero) is 1. The number of carbonyl (C=O) groups excluding carboxylic acids is 1. The summed E-state index contributed by atoms with van der Waals surface area (Å²) in [4.78, 5) is 11.9. The van der Waals surface area contributed by atoms with Gasteiger partial charge in [-0.1, -0.05) is 18.2 Å². The molecule has 0 amide bonds. The highest BCUT2D eigenvalue weighted by molar-refractivity contribution is 8.00. The second-order valence-electron chi connectivity index (χ2n) is 4.89. The maximum atomic E-state index is 11.9. The van der Waals surface area contributed by atoms with Gasteiger partial charge in [-0.2, -0.15) is 4.68 Å². The Kier molecular flexibility index (Phi) is 4.19. The first-order valence-electron chi connectivity index (χ1n) is 6.90. The smallest absolute Gasteiger partial charge is 0.214 e. The maximum absolute atomic E-state index is 11.9. The number of ether oxygens (including phenoxy) is 1. The lowest BCUT2D eigenvalue weighted by Gasteiger charge is -2.18. The van der Waals surface area contributed by atoms with E-state index in [0.717, 1.165) is 30.7 Å². The van der Waals surface area contributed by atoms with Crippen molar-refractivity contribution >= 4 is 17.5 Å². The molecular formula is C14H16N4O2S. The van der Waals surface area contributed by atoms with Gasteiger partial charge in [-0.3, -0.25) is 4.79 Å². The Hall–Kier alpha value is -1.89. The molecular weight excluding hydrogens is 288 g/mol. The topological polar surface area (TPSA) is 69.9 Å². The summed E-state index contributed by atoms with van der Waals surface area (Å²) in [6, 6.07) is 7.50. The third-order valence-electron chi connectivity index (χ3n) is 3.50. The molecule has 0 N–H and O–H groups in total. The molecule has 3 rings (SSSR count). The van der Waals surface area contributed by atoms with Crippen LogP contribution in [0.3, 0.4) is 0 Å². The fourth-order valence-corrected chi connectivity index (χ4v) is 3.45. The van der Waals surface area contributed by atoms with Gasteiger partial charge >= 0.3 is 0 Å². The SMILES string of the molecule is COc1ccc(-n2nnnc2S[C@@H]2CCCCC2=O)cc1. The molecule has 1 aromatic carbocycles. The average molecular weight is 304 g/mol. The zero-order valence-electron chi connectivity index (χ0n) is 11.7. The number of benzene rings is 1. The highest BCUT2D eigenvalue weighted by atomic mass is 32.2. The van der Waals surface area contributed by atoms with Crippen LogP contribution in [0.15, 0.2) is 29.4 Å². The molecule has 1 aliphatic rings. The number of hydrogen-bond acceptors (Lipinski definition) is 6. The summed E-state index contributed by atoms with van der Waals surface area (Å²) < 4.78 is 6.80. The molecule has 0 aliphatic heterocycles. The van der Waals surface area contributed by atoms with E-state index < -0.39 is 0 Å². The highest BCUT2D eigenvalue weighted by Gasteiger charge is 2.25. The van der Waals surface area contributed by atoms with Crippen LogP contribution in [0, 0.1) is 0 Å². The minimum Gasteiger partial charge on any atom is -0.497 e. The highest BCUT2D eigenvalue weighted by Crippen LogP contribution is 2.31. The molecule has 0 bridgehead atoms. The summed E-state index contributed by atoms with van der Waals surface area (Å²) in [6.07, 6.45) is 3.66. The second-order valence-corrected chi connectivity index (χ2v) is 6.06. The minimum atomic E-state index is -0.0262. The largest absolute Gasteiger partial charge is 0.497 e. The van der Waals surface area contributed by atoms with Crippen LogP contribution in [0.5, 0.6) is 5.75 Å². The van der Waals surface area contributed by atoms with E-state index >= 15 is 0 Å². The van der Waals surface area contributed by atoms with Gasteiger partial charge in [0.1, 0.15) is 11.5 Å². The van der Waals surface area contributed by atoms with E-state index in [4.69, 9.17) is 4.74 Å². The molecule has 0 radical (unpaired) electrons. The van der Waals surface area contributed by atoms with Gasteiger partial charge in [0.05, 0.1) is 18.0 Å². The van der Waals surface area contributed by atoms with Crippen LogP contribution >= 0.6 is 11.8 Å². The van der Waals surface area contributed by atoms with E-state index in [0.29, 0.717) is 17.4 Å². The van der Waals surface area contributed by atoms with Gasteiger partial charge in [0.15, 0.2) is 0 Å². The van der Waals surface area contributed by atoms with Gasteiger partial charge in [0.25, 0.3) is 0 Å². The molecule has 1 atom stereocenters. The molecule has 1 fully saturated rings. The van der Waals surface area contributed by atoms with Crippen LogP contribution in [0.4, 0.5) is 0 Å². The monoisotopic (exact) mass is 304 g/mol. The quantitative estimate of drug-likeness (QED) is 0.863. The van der Waals surface area contributed by atoms with Crippen molar-refractivity contribution < 1.29 is 9.53 Å². The molecule has 1 aromatic heterocycles. The number of aromatic nitrogens is 4. The Bertz CT molecular complexity index is 626. The fourth-order valence-electron chi connectivity index (χ4n) is 2.34. The first-order chi connectivity index (χ1) is 10.3. The zero-order chi connectivity index (χ0) is 14.7. The van der Waals surface area contributed by atoms with Crippen LogP contribution in [0.2, 0.25) is 0 Å². The standard InChI is InChI=1S/C14H16N4O2S/c1-20-11-8-6-10(7-9-11)18-14(15-16-17-18)21-13-5-3-2-4-12(13)19/h6-9,13H,2-5H2,1H3/t13-/m1/s1. The van der Waals surface area contributed by atoms with E-state index in [2.05, 4.69) is 15.5 Å². The molecule has 21 heavy (non-hydrogen) atoms. The van der Waals surface area contributed by atoms with Crippen molar-refractivity contribution in [1.29, 1.82) is 0 Å². The van der Waals surface area contributed by atoms with E-state index in [1.807, 2.05) is 24.3 Å². The lowest BCUT2D eigenvalue weighted by Crippen LogP contribution is -2.21. The maximum Gasteiger partial charge on any atom is 0.214 e. The summed E-state index contributed by atoms with van der Waals surface area (Å²) in [7, 11) is 1.63. The van der Waals surface area contributed by atoms with Crippen LogP contribution in [-0.4, -0.2) is 38.4 Å². The van der Waals surface area contributed by atoms with Gasteiger partial charge < -0.3 is 4.74 Å². The third-order valence-corrected chi connectivity index (χ3v) is 4.75. The Balaban J connectivity index is 1.81. The van der Waals surface area contributed by atoms with E-state index in [1.165, 1.54) is 11.8 Å². The van der Waals surface area contributed by atoms with E-state index in [-0.39, 0.29) is 5.25 Å². The molecule has 1 saturated carbocycles. The summed E-state index contributed by atoms with van der Waals surface area (Å²) >= 11 is 1.46. The van der Waals surface area contributed by atoms with Gasteiger partial charge in [-0.05, 0) is 47.5 Å². The first kappa shape index (κ1) is 14.1. The van der Waals surface area contributed by atoms with Crippen molar-refractivity contribution in [3.8, 4) is 11.4 Å². The Morgan fingerprint density at radius 2 is 2.10 bits per heavy atom. The molecule has 0 saturated heterocycles. The number of carbonyl (C=O) groups is 1. The number of nitrogens with zero attached hydrogens (tertiary/aromatic N) is 4. The molecule has 1 aliphatic carbocycles. The summed E-state index contributed by atoms with van der Waals surface area (Å²) in [5.74, 6) is 1.08. The number of hydrogen-bond donors (Lipinski definition) is 0. The van der Waals surface area contributed by atoms with Crippen molar-refractivity contribution in [1.82, 2.24) is 20.2 Å². The molecule has 6 nitrogen and oxygen atoms in total. The van der Waals surface area contributed by atoms with Crippen molar-refractivity contribution in [3.63, 3.8) is 0 Å². The predicted octanol–water partition coefficient (Wildman–Crippen LogP) is 2.27. The van der Waals surface area contributed by atoms with Crippen LogP contribution in [0.25, 0.3) is 5.69 Å². The van der Waals surface area contributed by atoms with Gasteiger partial charge in [-0.25, -0.2) is 0 Å². The van der Waals surface area contributed by atoms with Crippen molar-refractivity contribution in [2.24, 2.45) is 0 Å². The summed E-state index contributed by atoms with van der Waals surface area (Å²) in [5, 5.41) is 12.4. The third kappa shape index (κ3) is 3.07. The number of thioether (sulfide) groups is 1. The van der Waals surface area contributed by atoms with Gasteiger partial charge in [0, 0.05) is 6.42 Å². The Labute approximate surface area is 126 Å². The fraction of sp³-hybridized carbons (Fsp3) is 0.429. The normalized spacial score (nSPS) is 18.7. The Morgan fingerprint density at radius 3 is 2.81 bits per heavy atom. The molecule has 0 unspecified atom stereocenters. The zero-order valence-corrected chi connectivity index (χ0v) is 12.5. The lowest BCUT2D eigenvalue weighted by atomic mass is 9.99. The lowest BCUT2D eigenvalue weighted by molar-refractivity contribution is -0.119. The molecule has 0 spiro atoms. The molecule has 7 heteroatoms. The van der Waals surface area contributed by atoms with Crippen LogP contribution < -0.4 is 4.74 Å². The Morgan fingerprint density at radius 1 is 1.29 bits per heavy atom. The molecule has 2 aromatic rings. The predicted molar refractivity (Wildman–Crippen MR) is 78.8 cm³/mol. The summed E-state index contributed by atoms with van der Waals surface area (Å²) in [5.41, 5.74) is 0.853. The molecule has 1 heterocycles. The van der Waals surface area contributed by atoms with E-state index in [9.17, 15) is 4.79 Å². The van der Waals surface area contributed by atoms with E-state index in [1.54, 1.807) is 11.8 Å². The van der Waals surface area contributed by atoms with Crippen molar-refractivity contribution in [3.05, 3.63) is 24.3 Å². The number of methoxy groups -OCH3 is 1. The summed E-state index contributed by atoms with van der Waals surface area (Å²) in [6.45, 7) is 0. The van der Waals surface area contributed by atoms with Crippen LogP contribution in [0.1, 0.15) is 25.7 Å². The molecule has 110 valence electrons. The first-order valence-corrected chi connectivity index (χ1v) is 7.78. The van der Waals surface area contributed by atoms with Crippen molar-refractivity contribution in [2.45, 2.75) is 36.1 Å². The number of rotatable bonds is 4. The second kappa shape index (κ2) is 6.26. The number of tetrazole rings is 1. The van der Waals surface area contributed by atoms with Gasteiger partial charge in [-0.15, -0.1) is 5.10 Å². The van der Waals surface area contributed by atoms with Crippen molar-refractivity contribution in [2.75, 3.05) is 7.11 Å². The van der Waals surface area contributed by atoms with Gasteiger partial charge in [0.2, 0.25) is 5.16 Å². The number of ketones is 1. The van der Waals surface area contributed by atoms with Crippen LogP contribution in [-0.2, 0) is 4.79 Å². The minimum absolute atomic E-state index is 0.0262.